The Hall–Kier alpha value is -3.65. The maximum absolute atomic E-state index is 12.6. The molecular formula is C19H14ClN3O5. The molecule has 0 unspecified atom stereocenters. The molecule has 1 N–H and O–H groups in total. The van der Waals surface area contributed by atoms with Crippen molar-refractivity contribution in [3.05, 3.63) is 81.4 Å². The Morgan fingerprint density at radius 2 is 1.96 bits per heavy atom. The molecule has 0 aliphatic carbocycles. The number of carbonyl (C=O) groups excluding carboxylic acids is 2. The number of ether oxygens (including phenoxy) is 1. The number of carbonyl (C=O) groups is 2. The summed E-state index contributed by atoms with van der Waals surface area (Å²) in [6.07, 6.45) is 2.67. The van der Waals surface area contributed by atoms with Gasteiger partial charge in [0.15, 0.2) is 0 Å². The zero-order chi connectivity index (χ0) is 20.3. The van der Waals surface area contributed by atoms with Crippen LogP contribution in [0.2, 0.25) is 5.02 Å². The molecule has 28 heavy (non-hydrogen) atoms. The average Bonchev–Trinajstić information content (AvgIpc) is 2.95. The molecule has 9 heteroatoms. The van der Waals surface area contributed by atoms with Crippen molar-refractivity contribution in [2.45, 2.75) is 0 Å². The van der Waals surface area contributed by atoms with Gasteiger partial charge in [-0.1, -0.05) is 42.5 Å². The fourth-order valence-corrected chi connectivity index (χ4v) is 2.86. The van der Waals surface area contributed by atoms with Gasteiger partial charge in [0, 0.05) is 6.07 Å². The molecule has 1 heterocycles. The Labute approximate surface area is 164 Å². The second kappa shape index (κ2) is 7.93. The van der Waals surface area contributed by atoms with Gasteiger partial charge in [0.2, 0.25) is 5.75 Å². The number of nitro benzene ring substituents is 1. The smallest absolute Gasteiger partial charge is 0.313 e. The van der Waals surface area contributed by atoms with Gasteiger partial charge in [-0.2, -0.15) is 0 Å². The predicted molar refractivity (Wildman–Crippen MR) is 104 cm³/mol. The van der Waals surface area contributed by atoms with Crippen molar-refractivity contribution in [1.82, 2.24) is 5.43 Å². The minimum absolute atomic E-state index is 0.0198. The topological polar surface area (TPSA) is 102 Å². The lowest BCUT2D eigenvalue weighted by Gasteiger charge is -2.13. The molecule has 1 fully saturated rings. The predicted octanol–water partition coefficient (Wildman–Crippen LogP) is 3.27. The van der Waals surface area contributed by atoms with Crippen molar-refractivity contribution in [2.24, 2.45) is 0 Å². The van der Waals surface area contributed by atoms with Gasteiger partial charge >= 0.3 is 5.69 Å². The highest BCUT2D eigenvalue weighted by Crippen LogP contribution is 2.37. The van der Waals surface area contributed by atoms with E-state index < -0.39 is 16.7 Å². The maximum atomic E-state index is 12.6. The molecular weight excluding hydrogens is 386 g/mol. The van der Waals surface area contributed by atoms with Crippen LogP contribution in [0.25, 0.3) is 6.08 Å². The summed E-state index contributed by atoms with van der Waals surface area (Å²) in [5.74, 6) is -1.32. The monoisotopic (exact) mass is 399 g/mol. The van der Waals surface area contributed by atoms with Crippen LogP contribution in [0.15, 0.2) is 60.7 Å². The number of nitro groups is 1. The Kier molecular flexibility index (Phi) is 5.42. The van der Waals surface area contributed by atoms with E-state index in [0.29, 0.717) is 5.69 Å². The number of benzene rings is 2. The van der Waals surface area contributed by atoms with Gasteiger partial charge in [0.25, 0.3) is 11.8 Å². The van der Waals surface area contributed by atoms with E-state index in [0.717, 1.165) is 5.01 Å². The van der Waals surface area contributed by atoms with Gasteiger partial charge in [-0.3, -0.25) is 25.1 Å². The number of amides is 2. The van der Waals surface area contributed by atoms with Crippen molar-refractivity contribution in [3.63, 3.8) is 0 Å². The van der Waals surface area contributed by atoms with Crippen molar-refractivity contribution >= 4 is 40.9 Å². The third-order valence-corrected chi connectivity index (χ3v) is 4.09. The van der Waals surface area contributed by atoms with E-state index in [-0.39, 0.29) is 34.2 Å². The first kappa shape index (κ1) is 19.1. The Morgan fingerprint density at radius 3 is 2.61 bits per heavy atom. The van der Waals surface area contributed by atoms with Crippen molar-refractivity contribution in [3.8, 4) is 5.75 Å². The molecule has 142 valence electrons. The Balaban J connectivity index is 1.99. The van der Waals surface area contributed by atoms with Crippen LogP contribution < -0.4 is 15.2 Å². The average molecular weight is 400 g/mol. The number of anilines is 1. The number of nitrogens with zero attached hydrogens (tertiary/aromatic N) is 2. The summed E-state index contributed by atoms with van der Waals surface area (Å²) in [5.41, 5.74) is 2.61. The van der Waals surface area contributed by atoms with Gasteiger partial charge in [-0.25, -0.2) is 5.01 Å². The third-order valence-electron chi connectivity index (χ3n) is 3.81. The number of hydrazine groups is 1. The highest BCUT2D eigenvalue weighted by molar-refractivity contribution is 6.33. The van der Waals surface area contributed by atoms with Crippen LogP contribution >= 0.6 is 11.6 Å². The van der Waals surface area contributed by atoms with E-state index in [9.17, 15) is 19.7 Å². The fraction of sp³-hybridized carbons (Fsp3) is 0.0526. The highest BCUT2D eigenvalue weighted by atomic mass is 35.5. The summed E-state index contributed by atoms with van der Waals surface area (Å²) in [5, 5.41) is 12.4. The second-order valence-electron chi connectivity index (χ2n) is 5.68. The standard InChI is InChI=1S/C19H14ClN3O5/c1-2-8-28-17-15(20)10-12(11-16(17)23(26)27)9-14-18(24)21-22(19(14)25)13-6-4-3-5-7-13/h2-7,9-11H,1,8H2,(H,21,24). The molecule has 8 nitrogen and oxygen atoms in total. The first-order valence-electron chi connectivity index (χ1n) is 8.06. The lowest BCUT2D eigenvalue weighted by atomic mass is 10.1. The highest BCUT2D eigenvalue weighted by Gasteiger charge is 2.34. The Morgan fingerprint density at radius 1 is 1.25 bits per heavy atom. The van der Waals surface area contributed by atoms with Crippen LogP contribution in [0, 0.1) is 10.1 Å². The van der Waals surface area contributed by atoms with Crippen LogP contribution in [0.4, 0.5) is 11.4 Å². The van der Waals surface area contributed by atoms with E-state index in [4.69, 9.17) is 16.3 Å². The molecule has 1 aliphatic heterocycles. The summed E-state index contributed by atoms with van der Waals surface area (Å²) < 4.78 is 5.25. The van der Waals surface area contributed by atoms with Gasteiger partial charge < -0.3 is 4.74 Å². The number of para-hydroxylation sites is 1. The van der Waals surface area contributed by atoms with Crippen molar-refractivity contribution in [1.29, 1.82) is 0 Å². The molecule has 2 aromatic rings. The molecule has 0 saturated carbocycles. The van der Waals surface area contributed by atoms with Crippen molar-refractivity contribution in [2.75, 3.05) is 11.6 Å². The quantitative estimate of drug-likeness (QED) is 0.264. The lowest BCUT2D eigenvalue weighted by molar-refractivity contribution is -0.385. The molecule has 0 aromatic heterocycles. The molecule has 0 atom stereocenters. The van der Waals surface area contributed by atoms with Gasteiger partial charge in [-0.15, -0.1) is 0 Å². The molecule has 1 saturated heterocycles. The van der Waals surface area contributed by atoms with E-state index in [2.05, 4.69) is 12.0 Å². The lowest BCUT2D eigenvalue weighted by Crippen LogP contribution is -2.35. The fourth-order valence-electron chi connectivity index (χ4n) is 2.59. The molecule has 2 aromatic carbocycles. The maximum Gasteiger partial charge on any atom is 0.313 e. The molecule has 3 rings (SSSR count). The van der Waals surface area contributed by atoms with Gasteiger partial charge in [0.05, 0.1) is 15.6 Å². The first-order chi connectivity index (χ1) is 13.4. The van der Waals surface area contributed by atoms with Crippen LogP contribution in [-0.2, 0) is 9.59 Å². The summed E-state index contributed by atoms with van der Waals surface area (Å²) in [4.78, 5) is 35.5. The van der Waals surface area contributed by atoms with Gasteiger partial charge in [0.1, 0.15) is 12.2 Å². The molecule has 1 aliphatic rings. The largest absolute Gasteiger partial charge is 0.482 e. The van der Waals surface area contributed by atoms with E-state index in [1.807, 2.05) is 0 Å². The molecule has 0 radical (unpaired) electrons. The van der Waals surface area contributed by atoms with Crippen LogP contribution in [0.3, 0.4) is 0 Å². The minimum atomic E-state index is -0.654. The summed E-state index contributed by atoms with van der Waals surface area (Å²) in [7, 11) is 0. The number of rotatable bonds is 6. The number of halogens is 1. The zero-order valence-corrected chi connectivity index (χ0v) is 15.2. The van der Waals surface area contributed by atoms with Crippen LogP contribution in [0.1, 0.15) is 5.56 Å². The van der Waals surface area contributed by atoms with Gasteiger partial charge in [-0.05, 0) is 29.8 Å². The van der Waals surface area contributed by atoms with E-state index in [1.165, 1.54) is 24.3 Å². The van der Waals surface area contributed by atoms with Crippen LogP contribution in [0.5, 0.6) is 5.75 Å². The molecule has 0 spiro atoms. The summed E-state index contributed by atoms with van der Waals surface area (Å²) >= 11 is 6.11. The molecule has 2 amide bonds. The van der Waals surface area contributed by atoms with Crippen LogP contribution in [-0.4, -0.2) is 23.3 Å². The van der Waals surface area contributed by atoms with E-state index >= 15 is 0 Å². The first-order valence-corrected chi connectivity index (χ1v) is 8.44. The zero-order valence-electron chi connectivity index (χ0n) is 14.4. The third kappa shape index (κ3) is 3.72. The number of nitrogens with one attached hydrogen (secondary N) is 1. The number of hydrogen-bond donors (Lipinski definition) is 1. The minimum Gasteiger partial charge on any atom is -0.482 e. The Bertz CT molecular complexity index is 1000. The SMILES string of the molecule is C=CCOc1c(Cl)cc(C=C2C(=O)NN(c3ccccc3)C2=O)cc1[N+](=O)[O-]. The van der Waals surface area contributed by atoms with Crippen molar-refractivity contribution < 1.29 is 19.2 Å². The second-order valence-corrected chi connectivity index (χ2v) is 6.09. The van der Waals surface area contributed by atoms with E-state index in [1.54, 1.807) is 30.3 Å². The normalized spacial score (nSPS) is 14.9. The number of hydrogen-bond acceptors (Lipinski definition) is 5. The molecule has 0 bridgehead atoms. The summed E-state index contributed by atoms with van der Waals surface area (Å²) in [6.45, 7) is 3.52. The summed E-state index contributed by atoms with van der Waals surface area (Å²) in [6, 6.07) is 11.1.